The molecule has 3 saturated carbocycles. The van der Waals surface area contributed by atoms with Crippen molar-refractivity contribution in [3.8, 4) is 0 Å². The summed E-state index contributed by atoms with van der Waals surface area (Å²) in [5, 5.41) is 0. The van der Waals surface area contributed by atoms with Crippen molar-refractivity contribution in [1.82, 2.24) is 0 Å². The minimum atomic E-state index is -0.315. The van der Waals surface area contributed by atoms with E-state index in [4.69, 9.17) is 4.74 Å². The third-order valence-electron chi connectivity index (χ3n) is 10.8. The first-order valence-corrected chi connectivity index (χ1v) is 12.8. The maximum absolute atomic E-state index is 13.1. The fourth-order valence-corrected chi connectivity index (χ4v) is 9.05. The van der Waals surface area contributed by atoms with Gasteiger partial charge in [0.15, 0.2) is 17.7 Å². The fourth-order valence-electron chi connectivity index (χ4n) is 9.05. The maximum Gasteiger partial charge on any atom is 0.194 e. The van der Waals surface area contributed by atoms with E-state index in [1.165, 1.54) is 37.7 Å². The van der Waals surface area contributed by atoms with Crippen LogP contribution >= 0.6 is 0 Å². The van der Waals surface area contributed by atoms with Gasteiger partial charge in [0.25, 0.3) is 0 Å². The number of ketones is 2. The van der Waals surface area contributed by atoms with Crippen LogP contribution in [0.4, 0.5) is 0 Å². The van der Waals surface area contributed by atoms with Gasteiger partial charge in [-0.05, 0) is 92.4 Å². The Morgan fingerprint density at radius 2 is 1.72 bits per heavy atom. The highest BCUT2D eigenvalue weighted by Crippen LogP contribution is 2.70. The molecular weight excluding hydrogens is 396 g/mol. The summed E-state index contributed by atoms with van der Waals surface area (Å²) in [5.74, 6) is 3.12. The molecule has 32 heavy (non-hydrogen) atoms. The second-order valence-electron chi connectivity index (χ2n) is 12.1. The van der Waals surface area contributed by atoms with Gasteiger partial charge in [0.1, 0.15) is 5.60 Å². The van der Waals surface area contributed by atoms with E-state index >= 15 is 0 Å². The molecule has 2 unspecified atom stereocenters. The van der Waals surface area contributed by atoms with Crippen molar-refractivity contribution in [3.63, 3.8) is 0 Å². The molecule has 0 N–H and O–H groups in total. The fraction of sp³-hybridized carbons (Fsp3) is 0.655. The van der Waals surface area contributed by atoms with Crippen LogP contribution in [-0.4, -0.2) is 23.3 Å². The molecule has 4 fully saturated rings. The summed E-state index contributed by atoms with van der Waals surface area (Å²) in [6.07, 6.45) is 10.7. The largest absolute Gasteiger partial charge is 0.357 e. The van der Waals surface area contributed by atoms with Gasteiger partial charge in [0.2, 0.25) is 0 Å². The Labute approximate surface area is 192 Å². The molecule has 0 bridgehead atoms. The lowest BCUT2D eigenvalue weighted by Crippen LogP contribution is -2.52. The summed E-state index contributed by atoms with van der Waals surface area (Å²) in [4.78, 5) is 25.2. The van der Waals surface area contributed by atoms with Gasteiger partial charge in [-0.3, -0.25) is 9.59 Å². The van der Waals surface area contributed by atoms with Gasteiger partial charge in [-0.2, -0.15) is 0 Å². The summed E-state index contributed by atoms with van der Waals surface area (Å²) < 4.78 is 6.28. The van der Waals surface area contributed by atoms with Crippen molar-refractivity contribution >= 4 is 11.6 Å². The average molecular weight is 433 g/mol. The number of hydrogen-bond acceptors (Lipinski definition) is 3. The summed E-state index contributed by atoms with van der Waals surface area (Å²) in [5.41, 5.74) is 2.38. The number of rotatable bonds is 3. The third-order valence-corrected chi connectivity index (χ3v) is 10.8. The average Bonchev–Trinajstić information content (AvgIpc) is 3.33. The summed E-state index contributed by atoms with van der Waals surface area (Å²) >= 11 is 0. The lowest BCUT2D eigenvalue weighted by molar-refractivity contribution is -0.117. The van der Waals surface area contributed by atoms with Crippen LogP contribution in [0.3, 0.4) is 0 Å². The summed E-state index contributed by atoms with van der Waals surface area (Å²) in [6, 6.07) is 9.66. The van der Waals surface area contributed by atoms with Crippen LogP contribution in [0, 0.1) is 34.5 Å². The van der Waals surface area contributed by atoms with Crippen LogP contribution < -0.4 is 0 Å². The minimum absolute atomic E-state index is 0.153. The van der Waals surface area contributed by atoms with Crippen LogP contribution in [0.1, 0.15) is 82.5 Å². The van der Waals surface area contributed by atoms with E-state index < -0.39 is 0 Å². The second-order valence-corrected chi connectivity index (χ2v) is 12.1. The van der Waals surface area contributed by atoms with Crippen molar-refractivity contribution in [3.05, 3.63) is 47.5 Å². The van der Waals surface area contributed by atoms with E-state index in [2.05, 4.69) is 20.8 Å². The van der Waals surface area contributed by atoms with Gasteiger partial charge in [-0.25, -0.2) is 0 Å². The summed E-state index contributed by atoms with van der Waals surface area (Å²) in [7, 11) is 0. The molecule has 1 saturated heterocycles. The minimum Gasteiger partial charge on any atom is -0.357 e. The molecule has 0 aromatic heterocycles. The van der Waals surface area contributed by atoms with E-state index in [1.54, 1.807) is 0 Å². The van der Waals surface area contributed by atoms with Gasteiger partial charge in [0.05, 0.1) is 0 Å². The molecule has 3 nitrogen and oxygen atoms in total. The van der Waals surface area contributed by atoms with Crippen molar-refractivity contribution in [2.45, 2.75) is 83.8 Å². The molecule has 0 spiro atoms. The van der Waals surface area contributed by atoms with Crippen molar-refractivity contribution < 1.29 is 14.3 Å². The highest BCUT2D eigenvalue weighted by atomic mass is 16.6. The van der Waals surface area contributed by atoms with Gasteiger partial charge < -0.3 is 4.74 Å². The number of carbonyl (C=O) groups is 2. The van der Waals surface area contributed by atoms with Crippen molar-refractivity contribution in [2.24, 2.45) is 34.5 Å². The lowest BCUT2D eigenvalue weighted by atomic mass is 9.46. The predicted molar refractivity (Wildman–Crippen MR) is 124 cm³/mol. The molecule has 1 aliphatic heterocycles. The zero-order chi connectivity index (χ0) is 22.3. The molecule has 3 heteroatoms. The first kappa shape index (κ1) is 20.8. The van der Waals surface area contributed by atoms with E-state index in [9.17, 15) is 9.59 Å². The number of fused-ring (bicyclic) bond motifs is 5. The lowest BCUT2D eigenvalue weighted by Gasteiger charge is -2.58. The number of allylic oxidation sites excluding steroid dienone is 1. The first-order chi connectivity index (χ1) is 15.3. The molecule has 5 aliphatic rings. The number of epoxide rings is 1. The van der Waals surface area contributed by atoms with E-state index in [1.807, 2.05) is 36.4 Å². The van der Waals surface area contributed by atoms with Crippen LogP contribution in [-0.2, 0) is 9.53 Å². The Kier molecular flexibility index (Phi) is 4.48. The highest BCUT2D eigenvalue weighted by molar-refractivity contribution is 6.02. The van der Waals surface area contributed by atoms with Crippen LogP contribution in [0.2, 0.25) is 0 Å². The molecule has 8 atom stereocenters. The van der Waals surface area contributed by atoms with Crippen molar-refractivity contribution in [1.29, 1.82) is 0 Å². The Morgan fingerprint density at radius 1 is 0.938 bits per heavy atom. The molecule has 4 aliphatic carbocycles. The Morgan fingerprint density at radius 3 is 2.50 bits per heavy atom. The number of benzene rings is 1. The van der Waals surface area contributed by atoms with Gasteiger partial charge >= 0.3 is 0 Å². The zero-order valence-corrected chi connectivity index (χ0v) is 19.7. The first-order valence-electron chi connectivity index (χ1n) is 12.8. The van der Waals surface area contributed by atoms with Crippen molar-refractivity contribution in [2.75, 3.05) is 0 Å². The monoisotopic (exact) mass is 432 g/mol. The highest BCUT2D eigenvalue weighted by Gasteiger charge is 2.69. The summed E-state index contributed by atoms with van der Waals surface area (Å²) in [6.45, 7) is 7.18. The van der Waals surface area contributed by atoms with Crippen LogP contribution in [0.25, 0.3) is 0 Å². The number of Topliss-reactive ketones (excluding diaryl/α,β-unsaturated/α-hetero) is 1. The Balaban J connectivity index is 1.25. The molecule has 1 aromatic rings. The quantitative estimate of drug-likeness (QED) is 0.423. The van der Waals surface area contributed by atoms with Crippen LogP contribution in [0.15, 0.2) is 42.0 Å². The number of hydrogen-bond donors (Lipinski definition) is 0. The molecule has 170 valence electrons. The van der Waals surface area contributed by atoms with E-state index in [0.29, 0.717) is 17.6 Å². The zero-order valence-electron chi connectivity index (χ0n) is 19.7. The molecule has 0 radical (unpaired) electrons. The third kappa shape index (κ3) is 2.76. The molecule has 6 rings (SSSR count). The maximum atomic E-state index is 13.1. The Hall–Kier alpha value is -1.74. The van der Waals surface area contributed by atoms with E-state index in [0.717, 1.165) is 36.7 Å². The molecular formula is C29H36O3. The van der Waals surface area contributed by atoms with Gasteiger partial charge in [0, 0.05) is 12.0 Å². The molecule has 1 aromatic carbocycles. The number of ether oxygens (including phenoxy) is 1. The van der Waals surface area contributed by atoms with Crippen LogP contribution in [0.5, 0.6) is 0 Å². The molecule has 1 heterocycles. The van der Waals surface area contributed by atoms with E-state index in [-0.39, 0.29) is 28.3 Å². The topological polar surface area (TPSA) is 46.7 Å². The standard InChI is InChI=1S/C29H36O3/c1-27-15-13-20(30)17-19(27)9-10-21-22-11-12-24(28(22,2)16-14-23(21)27)29(3)26(32-29)25(31)18-7-5-4-6-8-18/h4-8,17,21-24,26H,9-16H2,1-3H3/t21-,22-,23-,24-,26?,27-,28-,29?/m0/s1. The second kappa shape index (κ2) is 6.88. The van der Waals surface area contributed by atoms with Gasteiger partial charge in [-0.15, -0.1) is 0 Å². The molecule has 0 amide bonds. The van der Waals surface area contributed by atoms with Gasteiger partial charge in [-0.1, -0.05) is 49.8 Å². The number of carbonyl (C=O) groups excluding carboxylic acids is 2. The normalized spacial score (nSPS) is 47.2. The predicted octanol–water partition coefficient (Wildman–Crippen LogP) is 6.17. The smallest absolute Gasteiger partial charge is 0.194 e. The Bertz CT molecular complexity index is 995. The SMILES string of the molecule is CC1([C@H]2CC[C@H]3[C@@H]4CCC5=CC(=O)CC[C@]5(C)[C@H]4CC[C@]23C)OC1C(=O)c1ccccc1.